The number of hydrogen-bond acceptors (Lipinski definition) is 4. The Morgan fingerprint density at radius 1 is 1.50 bits per heavy atom. The number of H-pyrrole nitrogens is 1. The van der Waals surface area contributed by atoms with E-state index in [1.165, 1.54) is 6.33 Å². The highest BCUT2D eigenvalue weighted by Crippen LogP contribution is 2.30. The maximum atomic E-state index is 6.05. The Bertz CT molecular complexity index is 501. The number of halogens is 1. The molecule has 1 heterocycles. The lowest BCUT2D eigenvalue weighted by Gasteiger charge is -2.18. The molecule has 0 aliphatic rings. The van der Waals surface area contributed by atoms with Crippen molar-refractivity contribution in [3.05, 3.63) is 40.9 Å². The average Bonchev–Trinajstić information content (AvgIpc) is 2.89. The summed E-state index contributed by atoms with van der Waals surface area (Å²) in [7, 11) is 1.64. The molecule has 0 bridgehead atoms. The molecule has 2 rings (SSSR count). The highest BCUT2D eigenvalue weighted by Gasteiger charge is 2.20. The Morgan fingerprint density at radius 3 is 2.94 bits per heavy atom. The van der Waals surface area contributed by atoms with Gasteiger partial charge in [0.15, 0.2) is 0 Å². The number of methoxy groups -OCH3 is 1. The highest BCUT2D eigenvalue weighted by atomic mass is 35.5. The van der Waals surface area contributed by atoms with E-state index in [1.54, 1.807) is 13.2 Å². The molecule has 0 saturated heterocycles. The molecule has 2 N–H and O–H groups in total. The molecule has 0 radical (unpaired) electrons. The van der Waals surface area contributed by atoms with Crippen molar-refractivity contribution in [3.8, 4) is 5.75 Å². The summed E-state index contributed by atoms with van der Waals surface area (Å²) >= 11 is 6.05. The van der Waals surface area contributed by atoms with E-state index in [9.17, 15) is 0 Å². The Kier molecular flexibility index (Phi) is 4.17. The first-order valence-electron chi connectivity index (χ1n) is 5.68. The number of hydrogen-bond donors (Lipinski definition) is 2. The lowest BCUT2D eigenvalue weighted by molar-refractivity contribution is 0.403. The molecule has 96 valence electrons. The van der Waals surface area contributed by atoms with Crippen molar-refractivity contribution in [1.82, 2.24) is 20.5 Å². The maximum Gasteiger partial charge on any atom is 0.146 e. The Labute approximate surface area is 111 Å². The number of nitrogens with one attached hydrogen (secondary N) is 2. The fourth-order valence-electron chi connectivity index (χ4n) is 1.84. The SMILES string of the molecule is CCNC(c1ncn[nH]1)c1cc(Cl)ccc1OC. The lowest BCUT2D eigenvalue weighted by Crippen LogP contribution is -2.23. The van der Waals surface area contributed by atoms with Gasteiger partial charge in [0.25, 0.3) is 0 Å². The van der Waals surface area contributed by atoms with Crippen LogP contribution in [-0.4, -0.2) is 28.8 Å². The summed E-state index contributed by atoms with van der Waals surface area (Å²) in [5.74, 6) is 1.50. The van der Waals surface area contributed by atoms with Gasteiger partial charge in [0.1, 0.15) is 17.9 Å². The van der Waals surface area contributed by atoms with Gasteiger partial charge in [-0.3, -0.25) is 5.10 Å². The van der Waals surface area contributed by atoms with Crippen LogP contribution in [0.5, 0.6) is 5.75 Å². The molecule has 1 atom stereocenters. The van der Waals surface area contributed by atoms with E-state index in [2.05, 4.69) is 20.5 Å². The maximum absolute atomic E-state index is 6.05. The van der Waals surface area contributed by atoms with Gasteiger partial charge in [-0.05, 0) is 24.7 Å². The van der Waals surface area contributed by atoms with Gasteiger partial charge in [0.2, 0.25) is 0 Å². The molecule has 0 aliphatic heterocycles. The summed E-state index contributed by atoms with van der Waals surface area (Å²) in [5.41, 5.74) is 0.934. The van der Waals surface area contributed by atoms with Gasteiger partial charge in [-0.25, -0.2) is 4.98 Å². The van der Waals surface area contributed by atoms with Crippen LogP contribution in [0.3, 0.4) is 0 Å². The summed E-state index contributed by atoms with van der Waals surface area (Å²) in [4.78, 5) is 4.19. The quantitative estimate of drug-likeness (QED) is 0.871. The van der Waals surface area contributed by atoms with Crippen molar-refractivity contribution < 1.29 is 4.74 Å². The van der Waals surface area contributed by atoms with Gasteiger partial charge in [-0.15, -0.1) is 0 Å². The van der Waals surface area contributed by atoms with E-state index in [0.717, 1.165) is 23.7 Å². The zero-order valence-corrected chi connectivity index (χ0v) is 11.0. The summed E-state index contributed by atoms with van der Waals surface area (Å²) in [5, 5.41) is 10.7. The molecule has 0 aliphatic carbocycles. The first-order chi connectivity index (χ1) is 8.76. The summed E-state index contributed by atoms with van der Waals surface area (Å²) in [6.07, 6.45) is 1.48. The number of nitrogens with zero attached hydrogens (tertiary/aromatic N) is 2. The number of ether oxygens (including phenoxy) is 1. The molecule has 0 fully saturated rings. The zero-order chi connectivity index (χ0) is 13.0. The predicted molar refractivity (Wildman–Crippen MR) is 69.9 cm³/mol. The van der Waals surface area contributed by atoms with Crippen molar-refractivity contribution in [1.29, 1.82) is 0 Å². The van der Waals surface area contributed by atoms with Crippen LogP contribution in [0.2, 0.25) is 5.02 Å². The van der Waals surface area contributed by atoms with Crippen molar-refractivity contribution in [3.63, 3.8) is 0 Å². The van der Waals surface area contributed by atoms with Crippen molar-refractivity contribution in [2.75, 3.05) is 13.7 Å². The van der Waals surface area contributed by atoms with Crippen LogP contribution in [0.1, 0.15) is 24.4 Å². The largest absolute Gasteiger partial charge is 0.496 e. The van der Waals surface area contributed by atoms with Crippen LogP contribution >= 0.6 is 11.6 Å². The molecule has 18 heavy (non-hydrogen) atoms. The molecule has 6 heteroatoms. The van der Waals surface area contributed by atoms with Gasteiger partial charge < -0.3 is 10.1 Å². The summed E-state index contributed by atoms with van der Waals surface area (Å²) in [6.45, 7) is 2.82. The third-order valence-corrected chi connectivity index (χ3v) is 2.85. The summed E-state index contributed by atoms with van der Waals surface area (Å²) < 4.78 is 5.36. The van der Waals surface area contributed by atoms with Gasteiger partial charge in [-0.1, -0.05) is 18.5 Å². The first kappa shape index (κ1) is 12.9. The number of rotatable bonds is 5. The second kappa shape index (κ2) is 5.84. The molecular weight excluding hydrogens is 252 g/mol. The van der Waals surface area contributed by atoms with E-state index in [-0.39, 0.29) is 6.04 Å². The van der Waals surface area contributed by atoms with E-state index in [4.69, 9.17) is 16.3 Å². The summed E-state index contributed by atoms with van der Waals surface area (Å²) in [6, 6.07) is 5.40. The lowest BCUT2D eigenvalue weighted by atomic mass is 10.0. The van der Waals surface area contributed by atoms with E-state index in [0.29, 0.717) is 5.02 Å². The molecule has 1 aromatic carbocycles. The van der Waals surface area contributed by atoms with Crippen LogP contribution in [0.15, 0.2) is 24.5 Å². The Hall–Kier alpha value is -1.59. The van der Waals surface area contributed by atoms with Crippen molar-refractivity contribution in [2.24, 2.45) is 0 Å². The fourth-order valence-corrected chi connectivity index (χ4v) is 2.02. The molecule has 1 unspecified atom stereocenters. The first-order valence-corrected chi connectivity index (χ1v) is 6.06. The molecular formula is C12H15ClN4O. The minimum absolute atomic E-state index is 0.119. The normalized spacial score (nSPS) is 12.4. The Balaban J connectivity index is 2.45. The third kappa shape index (κ3) is 2.63. The van der Waals surface area contributed by atoms with Crippen molar-refractivity contribution >= 4 is 11.6 Å². The highest BCUT2D eigenvalue weighted by molar-refractivity contribution is 6.30. The van der Waals surface area contributed by atoms with Gasteiger partial charge in [0.05, 0.1) is 13.2 Å². The number of aromatic amines is 1. The van der Waals surface area contributed by atoms with Crippen LogP contribution in [-0.2, 0) is 0 Å². The standard InChI is InChI=1S/C12H15ClN4O/c1-3-14-11(12-15-7-16-17-12)9-6-8(13)4-5-10(9)18-2/h4-7,11,14H,3H2,1-2H3,(H,15,16,17). The predicted octanol–water partition coefficient (Wildman–Crippen LogP) is 2.17. The molecule has 5 nitrogen and oxygen atoms in total. The molecule has 0 amide bonds. The molecule has 2 aromatic rings. The number of benzene rings is 1. The van der Waals surface area contributed by atoms with Gasteiger partial charge in [0, 0.05) is 10.6 Å². The second-order valence-corrected chi connectivity index (χ2v) is 4.18. The molecule has 1 aromatic heterocycles. The zero-order valence-electron chi connectivity index (χ0n) is 10.3. The topological polar surface area (TPSA) is 62.8 Å². The smallest absolute Gasteiger partial charge is 0.146 e. The van der Waals surface area contributed by atoms with Crippen LogP contribution in [0.25, 0.3) is 0 Å². The fraction of sp³-hybridized carbons (Fsp3) is 0.333. The number of aromatic nitrogens is 3. The Morgan fingerprint density at radius 2 is 2.33 bits per heavy atom. The van der Waals surface area contributed by atoms with Gasteiger partial charge in [-0.2, -0.15) is 5.10 Å². The monoisotopic (exact) mass is 266 g/mol. The average molecular weight is 267 g/mol. The second-order valence-electron chi connectivity index (χ2n) is 3.75. The third-order valence-electron chi connectivity index (χ3n) is 2.62. The van der Waals surface area contributed by atoms with Gasteiger partial charge >= 0.3 is 0 Å². The minimum Gasteiger partial charge on any atom is -0.496 e. The van der Waals surface area contributed by atoms with Crippen molar-refractivity contribution in [2.45, 2.75) is 13.0 Å². The van der Waals surface area contributed by atoms with E-state index < -0.39 is 0 Å². The van der Waals surface area contributed by atoms with Crippen LogP contribution < -0.4 is 10.1 Å². The molecule has 0 spiro atoms. The minimum atomic E-state index is -0.119. The van der Waals surface area contributed by atoms with Crippen LogP contribution in [0.4, 0.5) is 0 Å². The van der Waals surface area contributed by atoms with Crippen LogP contribution in [0, 0.1) is 0 Å². The van der Waals surface area contributed by atoms with E-state index >= 15 is 0 Å². The van der Waals surface area contributed by atoms with E-state index in [1.807, 2.05) is 19.1 Å². The molecule has 0 saturated carbocycles.